The molecule has 1 aromatic rings. The second kappa shape index (κ2) is 6.38. The Balaban J connectivity index is 1.91. The number of hydrogen-bond donors (Lipinski definition) is 1. The second-order valence-corrected chi connectivity index (χ2v) is 7.00. The van der Waals surface area contributed by atoms with Crippen molar-refractivity contribution in [1.82, 2.24) is 15.1 Å². The quantitative estimate of drug-likeness (QED) is 0.860. The third kappa shape index (κ3) is 3.58. The summed E-state index contributed by atoms with van der Waals surface area (Å²) in [6.45, 7) is 3.71. The van der Waals surface area contributed by atoms with Gasteiger partial charge in [0.25, 0.3) is 0 Å². The van der Waals surface area contributed by atoms with Gasteiger partial charge in [-0.25, -0.2) is 0 Å². The molecule has 2 N–H and O–H groups in total. The highest BCUT2D eigenvalue weighted by atomic mass is 32.2. The van der Waals surface area contributed by atoms with Gasteiger partial charge in [0.1, 0.15) is 0 Å². The number of nitrogens with zero attached hydrogens (tertiary/aromatic N) is 3. The van der Waals surface area contributed by atoms with Gasteiger partial charge in [-0.05, 0) is 19.8 Å². The molecule has 0 spiro atoms. The van der Waals surface area contributed by atoms with Gasteiger partial charge in [-0.15, -0.1) is 10.2 Å². The molecular formula is C11H18N4OS2. The molecule has 18 heavy (non-hydrogen) atoms. The summed E-state index contributed by atoms with van der Waals surface area (Å²) in [5.74, 6) is 0.204. The zero-order valence-electron chi connectivity index (χ0n) is 10.5. The van der Waals surface area contributed by atoms with Crippen LogP contribution in [0.4, 0.5) is 5.13 Å². The summed E-state index contributed by atoms with van der Waals surface area (Å²) in [4.78, 5) is 14.3. The number of carbonyl (C=O) groups excluding carboxylic acids is 1. The lowest BCUT2D eigenvalue weighted by atomic mass is 10.2. The first-order chi connectivity index (χ1) is 8.66. The van der Waals surface area contributed by atoms with Crippen LogP contribution in [-0.2, 0) is 4.79 Å². The summed E-state index contributed by atoms with van der Waals surface area (Å²) in [6, 6.07) is 0. The molecule has 2 rings (SSSR count). The monoisotopic (exact) mass is 286 g/mol. The van der Waals surface area contributed by atoms with Crippen LogP contribution in [0.3, 0.4) is 0 Å². The van der Waals surface area contributed by atoms with E-state index in [1.165, 1.54) is 35.9 Å². The Morgan fingerprint density at radius 2 is 2.00 bits per heavy atom. The topological polar surface area (TPSA) is 72.1 Å². The van der Waals surface area contributed by atoms with Gasteiger partial charge in [0.2, 0.25) is 11.0 Å². The number of anilines is 1. The molecule has 7 heteroatoms. The van der Waals surface area contributed by atoms with E-state index in [4.69, 9.17) is 5.73 Å². The SMILES string of the molecule is C[C@@H](Sc1nnc(N)s1)C(=O)N1CCCCCC1. The molecule has 1 aliphatic rings. The van der Waals surface area contributed by atoms with E-state index in [0.29, 0.717) is 5.13 Å². The highest BCUT2D eigenvalue weighted by Gasteiger charge is 2.23. The van der Waals surface area contributed by atoms with Crippen LogP contribution < -0.4 is 5.73 Å². The van der Waals surface area contributed by atoms with Crippen molar-refractivity contribution in [2.75, 3.05) is 18.8 Å². The van der Waals surface area contributed by atoms with Crippen LogP contribution in [-0.4, -0.2) is 39.3 Å². The highest BCUT2D eigenvalue weighted by Crippen LogP contribution is 2.28. The molecule has 1 fully saturated rings. The Morgan fingerprint density at radius 3 is 2.56 bits per heavy atom. The minimum absolute atomic E-state index is 0.115. The molecular weight excluding hydrogens is 268 g/mol. The zero-order chi connectivity index (χ0) is 13.0. The third-order valence-corrected chi connectivity index (χ3v) is 4.89. The Bertz CT molecular complexity index is 402. The Morgan fingerprint density at radius 1 is 1.33 bits per heavy atom. The molecule has 0 aromatic carbocycles. The van der Waals surface area contributed by atoms with E-state index < -0.39 is 0 Å². The van der Waals surface area contributed by atoms with Gasteiger partial charge in [0, 0.05) is 13.1 Å². The lowest BCUT2D eigenvalue weighted by Gasteiger charge is -2.23. The van der Waals surface area contributed by atoms with E-state index in [9.17, 15) is 4.79 Å². The fraction of sp³-hybridized carbons (Fsp3) is 0.727. The van der Waals surface area contributed by atoms with E-state index in [0.717, 1.165) is 30.3 Å². The van der Waals surface area contributed by atoms with Gasteiger partial charge in [0.15, 0.2) is 4.34 Å². The minimum atomic E-state index is -0.115. The Labute approximate surface area is 115 Å². The number of aromatic nitrogens is 2. The van der Waals surface area contributed by atoms with E-state index in [1.54, 1.807) is 0 Å². The zero-order valence-corrected chi connectivity index (χ0v) is 12.1. The predicted octanol–water partition coefficient (Wildman–Crippen LogP) is 2.00. The van der Waals surface area contributed by atoms with Crippen LogP contribution in [0, 0.1) is 0 Å². The smallest absolute Gasteiger partial charge is 0.235 e. The number of nitrogen functional groups attached to an aromatic ring is 1. The molecule has 0 saturated carbocycles. The van der Waals surface area contributed by atoms with Crippen molar-refractivity contribution < 1.29 is 4.79 Å². The predicted molar refractivity (Wildman–Crippen MR) is 74.7 cm³/mol. The molecule has 1 saturated heterocycles. The number of amides is 1. The molecule has 0 radical (unpaired) electrons. The van der Waals surface area contributed by atoms with Gasteiger partial charge < -0.3 is 10.6 Å². The average molecular weight is 286 g/mol. The van der Waals surface area contributed by atoms with Crippen molar-refractivity contribution in [3.63, 3.8) is 0 Å². The molecule has 1 aromatic heterocycles. The van der Waals surface area contributed by atoms with Crippen molar-refractivity contribution in [3.05, 3.63) is 0 Å². The molecule has 0 unspecified atom stereocenters. The van der Waals surface area contributed by atoms with Crippen LogP contribution >= 0.6 is 23.1 Å². The number of nitrogens with two attached hydrogens (primary N) is 1. The first kappa shape index (κ1) is 13.6. The standard InChI is InChI=1S/C11H18N4OS2/c1-8(17-11-14-13-10(12)18-11)9(16)15-6-4-2-3-5-7-15/h8H,2-7H2,1H3,(H2,12,13)/t8-/m1/s1. The summed E-state index contributed by atoms with van der Waals surface area (Å²) in [6.07, 6.45) is 4.71. The highest BCUT2D eigenvalue weighted by molar-refractivity contribution is 8.02. The molecule has 1 aliphatic heterocycles. The van der Waals surface area contributed by atoms with Crippen molar-refractivity contribution in [3.8, 4) is 0 Å². The van der Waals surface area contributed by atoms with E-state index in [1.807, 2.05) is 11.8 Å². The number of carbonyl (C=O) groups is 1. The second-order valence-electron chi connectivity index (χ2n) is 4.41. The third-order valence-electron chi connectivity index (χ3n) is 2.97. The molecule has 0 aliphatic carbocycles. The number of likely N-dealkylation sites (tertiary alicyclic amines) is 1. The van der Waals surface area contributed by atoms with Gasteiger partial charge in [-0.3, -0.25) is 4.79 Å². The fourth-order valence-corrected chi connectivity index (χ4v) is 3.88. The summed E-state index contributed by atoms with van der Waals surface area (Å²) >= 11 is 2.78. The van der Waals surface area contributed by atoms with Gasteiger partial charge in [0.05, 0.1) is 5.25 Å². The van der Waals surface area contributed by atoms with Crippen molar-refractivity contribution in [2.24, 2.45) is 0 Å². The molecule has 5 nitrogen and oxygen atoms in total. The van der Waals surface area contributed by atoms with Crippen LogP contribution in [0.25, 0.3) is 0 Å². The van der Waals surface area contributed by atoms with Gasteiger partial charge >= 0.3 is 0 Å². The summed E-state index contributed by atoms with van der Waals surface area (Å²) in [5, 5.41) is 8.03. The van der Waals surface area contributed by atoms with E-state index >= 15 is 0 Å². The normalized spacial score (nSPS) is 18.4. The molecule has 1 amide bonds. The number of rotatable bonds is 3. The maximum Gasteiger partial charge on any atom is 0.235 e. The molecule has 100 valence electrons. The average Bonchev–Trinajstić information content (AvgIpc) is 2.62. The first-order valence-corrected chi connectivity index (χ1v) is 7.91. The molecule has 1 atom stereocenters. The van der Waals surface area contributed by atoms with Crippen LogP contribution in [0.2, 0.25) is 0 Å². The van der Waals surface area contributed by atoms with Crippen LogP contribution in [0.5, 0.6) is 0 Å². The summed E-state index contributed by atoms with van der Waals surface area (Å²) < 4.78 is 0.767. The lowest BCUT2D eigenvalue weighted by Crippen LogP contribution is -2.37. The molecule has 0 bridgehead atoms. The van der Waals surface area contributed by atoms with Crippen molar-refractivity contribution >= 4 is 34.1 Å². The van der Waals surface area contributed by atoms with Crippen LogP contribution in [0.15, 0.2) is 4.34 Å². The van der Waals surface area contributed by atoms with Gasteiger partial charge in [-0.2, -0.15) is 0 Å². The van der Waals surface area contributed by atoms with E-state index in [2.05, 4.69) is 10.2 Å². The van der Waals surface area contributed by atoms with Crippen molar-refractivity contribution in [2.45, 2.75) is 42.2 Å². The van der Waals surface area contributed by atoms with Crippen molar-refractivity contribution in [1.29, 1.82) is 0 Å². The maximum atomic E-state index is 12.3. The summed E-state index contributed by atoms with van der Waals surface area (Å²) in [5.41, 5.74) is 5.53. The molecule has 2 heterocycles. The number of thioether (sulfide) groups is 1. The Kier molecular flexibility index (Phi) is 4.82. The van der Waals surface area contributed by atoms with E-state index in [-0.39, 0.29) is 11.2 Å². The lowest BCUT2D eigenvalue weighted by molar-refractivity contribution is -0.130. The maximum absolute atomic E-state index is 12.3. The summed E-state index contributed by atoms with van der Waals surface area (Å²) in [7, 11) is 0. The Hall–Kier alpha value is -0.820. The minimum Gasteiger partial charge on any atom is -0.374 e. The largest absolute Gasteiger partial charge is 0.374 e. The fourth-order valence-electron chi connectivity index (χ4n) is 2.02. The first-order valence-electron chi connectivity index (χ1n) is 6.21. The van der Waals surface area contributed by atoms with Crippen LogP contribution in [0.1, 0.15) is 32.6 Å². The van der Waals surface area contributed by atoms with Gasteiger partial charge in [-0.1, -0.05) is 35.9 Å². The number of hydrogen-bond acceptors (Lipinski definition) is 6.